The number of nitriles is 1. The predicted octanol–water partition coefficient (Wildman–Crippen LogP) is 4.05. The van der Waals surface area contributed by atoms with Gasteiger partial charge in [0.1, 0.15) is 5.75 Å². The molecule has 1 aliphatic carbocycles. The lowest BCUT2D eigenvalue weighted by molar-refractivity contribution is 0.137. The third-order valence-corrected chi connectivity index (χ3v) is 5.26. The summed E-state index contributed by atoms with van der Waals surface area (Å²) in [5.41, 5.74) is 8.65. The van der Waals surface area contributed by atoms with Crippen LogP contribution in [0, 0.1) is 11.3 Å². The van der Waals surface area contributed by atoms with Gasteiger partial charge in [0.2, 0.25) is 5.88 Å². The number of hydrogen-bond donors (Lipinski definition) is 2. The fourth-order valence-corrected chi connectivity index (χ4v) is 3.26. The number of allylic oxidation sites excluding steroid dienone is 2. The highest BCUT2D eigenvalue weighted by molar-refractivity contribution is 5.74. The Kier molecular flexibility index (Phi) is 6.44. The minimum atomic E-state index is -0.804. The van der Waals surface area contributed by atoms with Gasteiger partial charge < -0.3 is 15.6 Å². The lowest BCUT2D eigenvalue weighted by atomic mass is 9.93. The molecule has 0 amide bonds. The maximum Gasteiger partial charge on any atom is 0.217 e. The van der Waals surface area contributed by atoms with Gasteiger partial charge in [-0.25, -0.2) is 4.68 Å². The highest BCUT2D eigenvalue weighted by Gasteiger charge is 2.27. The summed E-state index contributed by atoms with van der Waals surface area (Å²) in [4.78, 5) is 4.14. The number of aryl methyl sites for hydroxylation is 1. The second-order valence-corrected chi connectivity index (χ2v) is 8.57. The number of nitrogens with zero attached hydrogens (tertiary/aromatic N) is 4. The molecule has 1 unspecified atom stereocenters. The van der Waals surface area contributed by atoms with Gasteiger partial charge in [-0.2, -0.15) is 10.4 Å². The van der Waals surface area contributed by atoms with Crippen molar-refractivity contribution in [2.24, 2.45) is 17.8 Å². The zero-order valence-electron chi connectivity index (χ0n) is 18.5. The molecule has 7 heteroatoms. The van der Waals surface area contributed by atoms with Gasteiger partial charge >= 0.3 is 0 Å². The lowest BCUT2D eigenvalue weighted by Gasteiger charge is -2.26. The molecule has 1 heterocycles. The number of ether oxygens (including phenoxy) is 1. The van der Waals surface area contributed by atoms with Crippen molar-refractivity contribution < 1.29 is 9.84 Å². The summed E-state index contributed by atoms with van der Waals surface area (Å²) >= 11 is 0. The highest BCUT2D eigenvalue weighted by Crippen LogP contribution is 2.41. The Bertz CT molecular complexity index is 1080. The molecular weight excluding hydrogens is 390 g/mol. The van der Waals surface area contributed by atoms with Crippen LogP contribution in [0.2, 0.25) is 0 Å². The molecule has 1 aromatic heterocycles. The summed E-state index contributed by atoms with van der Waals surface area (Å²) in [7, 11) is 1.83. The van der Waals surface area contributed by atoms with Crippen LogP contribution in [-0.2, 0) is 7.05 Å². The van der Waals surface area contributed by atoms with Crippen LogP contribution in [0.3, 0.4) is 0 Å². The number of aromatic nitrogens is 2. The fourth-order valence-electron chi connectivity index (χ4n) is 3.26. The molecule has 7 nitrogen and oxygen atoms in total. The van der Waals surface area contributed by atoms with Crippen molar-refractivity contribution in [2.75, 3.05) is 0 Å². The monoisotopic (exact) mass is 419 g/mol. The smallest absolute Gasteiger partial charge is 0.217 e. The summed E-state index contributed by atoms with van der Waals surface area (Å²) in [6, 6.07) is 9.23. The molecule has 0 spiro atoms. The van der Waals surface area contributed by atoms with Gasteiger partial charge in [-0.1, -0.05) is 6.08 Å². The number of nitrogens with two attached hydrogens (primary N) is 1. The summed E-state index contributed by atoms with van der Waals surface area (Å²) in [5, 5.41) is 24.3. The normalized spacial score (nSPS) is 16.0. The van der Waals surface area contributed by atoms with Gasteiger partial charge in [-0.3, -0.25) is 4.99 Å². The standard InChI is InChI=1S/C24H29N5O2/c1-15(23(30)24(2,3)26)6-11-19(27-4)18-10-7-16(14-25)12-21(18)31-22-13-20(17-8-9-17)28-29(22)5/h6-7,10-13,17,23,30H,4,8-9,26H2,1-3,5H3/b15-6+,19-11-. The van der Waals surface area contributed by atoms with Crippen molar-refractivity contribution in [2.45, 2.75) is 51.2 Å². The van der Waals surface area contributed by atoms with Gasteiger partial charge in [0.15, 0.2) is 0 Å². The Morgan fingerprint density at radius 3 is 2.71 bits per heavy atom. The van der Waals surface area contributed by atoms with Gasteiger partial charge in [0, 0.05) is 30.1 Å². The Morgan fingerprint density at radius 2 is 2.13 bits per heavy atom. The SMILES string of the molecule is C=N/C(=C\C=C(/C)C(O)C(C)(C)N)c1ccc(C#N)cc1Oc1cc(C2CC2)nn1C. The van der Waals surface area contributed by atoms with E-state index in [0.29, 0.717) is 39.9 Å². The minimum Gasteiger partial charge on any atom is -0.439 e. The van der Waals surface area contributed by atoms with Crippen LogP contribution in [0.15, 0.2) is 47.0 Å². The molecule has 162 valence electrons. The molecular formula is C24H29N5O2. The van der Waals surface area contributed by atoms with E-state index < -0.39 is 11.6 Å². The van der Waals surface area contributed by atoms with E-state index in [1.54, 1.807) is 48.9 Å². The summed E-state index contributed by atoms with van der Waals surface area (Å²) in [5.74, 6) is 1.58. The first-order chi connectivity index (χ1) is 14.6. The van der Waals surface area contributed by atoms with Gasteiger partial charge in [-0.15, -0.1) is 0 Å². The topological polar surface area (TPSA) is 109 Å². The molecule has 0 bridgehead atoms. The van der Waals surface area contributed by atoms with Crippen LogP contribution < -0.4 is 10.5 Å². The molecule has 2 aromatic rings. The third kappa shape index (κ3) is 5.29. The molecule has 31 heavy (non-hydrogen) atoms. The van der Waals surface area contributed by atoms with Crippen LogP contribution in [0.25, 0.3) is 5.70 Å². The van der Waals surface area contributed by atoms with Crippen LogP contribution in [0.1, 0.15) is 56.4 Å². The molecule has 3 N–H and O–H groups in total. The predicted molar refractivity (Wildman–Crippen MR) is 122 cm³/mol. The zero-order valence-corrected chi connectivity index (χ0v) is 18.5. The minimum absolute atomic E-state index is 0.471. The first kappa shape index (κ1) is 22.5. The summed E-state index contributed by atoms with van der Waals surface area (Å²) < 4.78 is 7.86. The maximum atomic E-state index is 10.4. The maximum absolute atomic E-state index is 10.4. The molecule has 1 aromatic carbocycles. The van der Waals surface area contributed by atoms with Gasteiger partial charge in [0.25, 0.3) is 0 Å². The van der Waals surface area contributed by atoms with E-state index >= 15 is 0 Å². The van der Waals surface area contributed by atoms with E-state index in [1.807, 2.05) is 20.0 Å². The van der Waals surface area contributed by atoms with E-state index in [1.165, 1.54) is 0 Å². The first-order valence-electron chi connectivity index (χ1n) is 10.2. The van der Waals surface area contributed by atoms with Crippen molar-refractivity contribution >= 4 is 12.4 Å². The molecule has 1 saturated carbocycles. The Balaban J connectivity index is 1.98. The Hall–Kier alpha value is -3.21. The van der Waals surface area contributed by atoms with Gasteiger partial charge in [0.05, 0.1) is 29.1 Å². The molecule has 0 radical (unpaired) electrons. The number of hydrogen-bond acceptors (Lipinski definition) is 6. The van der Waals surface area contributed by atoms with Crippen LogP contribution in [0.5, 0.6) is 11.6 Å². The van der Waals surface area contributed by atoms with E-state index in [4.69, 9.17) is 10.5 Å². The summed E-state index contributed by atoms with van der Waals surface area (Å²) in [6.45, 7) is 9.02. The molecule has 1 aliphatic rings. The Labute approximate surface area is 183 Å². The molecule has 1 fully saturated rings. The number of aliphatic imine (C=N–C) groups is 1. The van der Waals surface area contributed by atoms with E-state index in [2.05, 4.69) is 22.9 Å². The zero-order chi connectivity index (χ0) is 22.8. The largest absolute Gasteiger partial charge is 0.439 e. The molecule has 1 atom stereocenters. The van der Waals surface area contributed by atoms with Crippen molar-refractivity contribution in [1.82, 2.24) is 9.78 Å². The van der Waals surface area contributed by atoms with E-state index in [9.17, 15) is 10.4 Å². The van der Waals surface area contributed by atoms with Crippen molar-refractivity contribution in [1.29, 1.82) is 5.26 Å². The van der Waals surface area contributed by atoms with E-state index in [-0.39, 0.29) is 0 Å². The van der Waals surface area contributed by atoms with Gasteiger partial charge in [-0.05, 0) is 70.2 Å². The number of benzene rings is 1. The number of rotatable bonds is 8. The third-order valence-electron chi connectivity index (χ3n) is 5.26. The first-order valence-corrected chi connectivity index (χ1v) is 10.2. The van der Waals surface area contributed by atoms with Crippen molar-refractivity contribution in [3.8, 4) is 17.7 Å². The lowest BCUT2D eigenvalue weighted by Crippen LogP contribution is -2.45. The molecule has 0 aliphatic heterocycles. The molecule has 0 saturated heterocycles. The Morgan fingerprint density at radius 1 is 1.42 bits per heavy atom. The average Bonchev–Trinajstić information content (AvgIpc) is 3.51. The van der Waals surface area contributed by atoms with E-state index in [0.717, 1.165) is 18.5 Å². The summed E-state index contributed by atoms with van der Waals surface area (Å²) in [6.07, 6.45) is 5.01. The second-order valence-electron chi connectivity index (χ2n) is 8.57. The van der Waals surface area contributed by atoms with Crippen molar-refractivity contribution in [3.63, 3.8) is 0 Å². The average molecular weight is 420 g/mol. The second kappa shape index (κ2) is 8.88. The van der Waals surface area contributed by atoms with Crippen molar-refractivity contribution in [3.05, 3.63) is 58.8 Å². The molecule has 3 rings (SSSR count). The number of aliphatic hydroxyl groups excluding tert-OH is 1. The quantitative estimate of drug-likeness (QED) is 0.495. The van der Waals surface area contributed by atoms with Crippen LogP contribution >= 0.6 is 0 Å². The fraction of sp³-hybridized carbons (Fsp3) is 0.375. The van der Waals surface area contributed by atoms with Crippen LogP contribution in [0.4, 0.5) is 0 Å². The highest BCUT2D eigenvalue weighted by atomic mass is 16.5. The van der Waals surface area contributed by atoms with Crippen LogP contribution in [-0.4, -0.2) is 33.2 Å². The number of aliphatic hydroxyl groups is 1.